The van der Waals surface area contributed by atoms with Crippen molar-refractivity contribution in [3.8, 4) is 0 Å². The van der Waals surface area contributed by atoms with Gasteiger partial charge in [-0.25, -0.2) is 0 Å². The third kappa shape index (κ3) is 5.83. The van der Waals surface area contributed by atoms with Crippen LogP contribution in [0.2, 0.25) is 19.6 Å². The summed E-state index contributed by atoms with van der Waals surface area (Å²) in [6.45, 7) is 6.84. The lowest BCUT2D eigenvalue weighted by molar-refractivity contribution is -0.107. The Morgan fingerprint density at radius 1 is 1.11 bits per heavy atom. The van der Waals surface area contributed by atoms with Crippen LogP contribution in [0, 0.1) is 0 Å². The second-order valence-electron chi connectivity index (χ2n) is 5.57. The molecule has 0 aliphatic heterocycles. The Morgan fingerprint density at radius 3 is 2.32 bits per heavy atom. The molecule has 0 aliphatic rings. The number of carbonyl (C=O) groups excluding carboxylic acids is 1. The molecule has 0 atom stereocenters. The average molecular weight is 276 g/mol. The Bertz CT molecular complexity index is 398. The van der Waals surface area contributed by atoms with Crippen LogP contribution in [0.15, 0.2) is 35.4 Å². The van der Waals surface area contributed by atoms with Crippen LogP contribution in [0.5, 0.6) is 0 Å². The third-order valence-electron chi connectivity index (χ3n) is 2.74. The lowest BCUT2D eigenvalue weighted by Crippen LogP contribution is -2.42. The van der Waals surface area contributed by atoms with Crippen molar-refractivity contribution in [2.75, 3.05) is 4.67 Å². The van der Waals surface area contributed by atoms with Crippen molar-refractivity contribution in [1.82, 2.24) is 0 Å². The number of hydrazone groups is 1. The summed E-state index contributed by atoms with van der Waals surface area (Å²) in [4.78, 5) is 10.2. The molecule has 0 radical (unpaired) electrons. The van der Waals surface area contributed by atoms with Gasteiger partial charge in [-0.1, -0.05) is 18.2 Å². The van der Waals surface area contributed by atoms with E-state index >= 15 is 0 Å². The Labute approximate surface area is 117 Å². The molecule has 0 aliphatic carbocycles. The molecular weight excluding hydrogens is 252 g/mol. The normalized spacial score (nSPS) is 11.7. The van der Waals surface area contributed by atoms with E-state index in [0.717, 1.165) is 31.2 Å². The van der Waals surface area contributed by atoms with Crippen molar-refractivity contribution in [2.24, 2.45) is 5.10 Å². The van der Waals surface area contributed by atoms with Crippen LogP contribution in [-0.2, 0) is 4.79 Å². The quantitative estimate of drug-likeness (QED) is 0.236. The van der Waals surface area contributed by atoms with E-state index < -0.39 is 8.24 Å². The van der Waals surface area contributed by atoms with Crippen LogP contribution in [0.3, 0.4) is 0 Å². The molecule has 104 valence electrons. The first-order valence-electron chi connectivity index (χ1n) is 6.87. The highest BCUT2D eigenvalue weighted by Crippen LogP contribution is 2.21. The van der Waals surface area contributed by atoms with E-state index in [1.54, 1.807) is 0 Å². The van der Waals surface area contributed by atoms with Crippen molar-refractivity contribution in [3.63, 3.8) is 0 Å². The molecule has 3 nitrogen and oxygen atoms in total. The van der Waals surface area contributed by atoms with Gasteiger partial charge < -0.3 is 4.79 Å². The molecule has 0 fully saturated rings. The second-order valence-corrected chi connectivity index (χ2v) is 10.3. The molecule has 0 N–H and O–H groups in total. The first-order chi connectivity index (χ1) is 9.05. The van der Waals surface area contributed by atoms with Crippen molar-refractivity contribution in [1.29, 1.82) is 0 Å². The van der Waals surface area contributed by atoms with E-state index in [-0.39, 0.29) is 0 Å². The van der Waals surface area contributed by atoms with Gasteiger partial charge in [-0.05, 0) is 51.0 Å². The molecule has 0 amide bonds. The van der Waals surface area contributed by atoms with Crippen molar-refractivity contribution in [2.45, 2.75) is 45.3 Å². The minimum Gasteiger partial charge on any atom is -0.303 e. The predicted octanol–water partition coefficient (Wildman–Crippen LogP) is 4.07. The standard InChI is InChI=1S/C15H24N2OSi/c1-19(2,3)17(15-11-7-6-8-12-15)16-13-9-4-5-10-14-18/h6-8,11-14H,4-5,9-10H2,1-3H3/b16-13+. The number of aldehydes is 1. The SMILES string of the molecule is C[Si](C)(C)N(/N=C/CCCCC=O)c1ccccc1. The van der Waals surface area contributed by atoms with Gasteiger partial charge in [-0.2, -0.15) is 5.10 Å². The number of anilines is 1. The molecule has 0 heterocycles. The van der Waals surface area contributed by atoms with Gasteiger partial charge in [0.15, 0.2) is 8.24 Å². The molecule has 1 rings (SSSR count). The zero-order valence-electron chi connectivity index (χ0n) is 12.2. The van der Waals surface area contributed by atoms with Crippen LogP contribution in [0.25, 0.3) is 0 Å². The largest absolute Gasteiger partial charge is 0.303 e. The van der Waals surface area contributed by atoms with E-state index in [2.05, 4.69) is 41.5 Å². The van der Waals surface area contributed by atoms with Gasteiger partial charge in [0.1, 0.15) is 6.29 Å². The zero-order valence-corrected chi connectivity index (χ0v) is 13.2. The van der Waals surface area contributed by atoms with E-state index in [9.17, 15) is 4.79 Å². The summed E-state index contributed by atoms with van der Waals surface area (Å²) in [5.41, 5.74) is 1.16. The molecule has 19 heavy (non-hydrogen) atoms. The first kappa shape index (κ1) is 15.6. The number of rotatable bonds is 8. The van der Waals surface area contributed by atoms with Gasteiger partial charge in [0.25, 0.3) is 0 Å². The Kier molecular flexibility index (Phi) is 6.49. The Balaban J connectivity index is 2.62. The highest BCUT2D eigenvalue weighted by atomic mass is 28.3. The van der Waals surface area contributed by atoms with Crippen molar-refractivity contribution in [3.05, 3.63) is 30.3 Å². The van der Waals surface area contributed by atoms with Crippen LogP contribution in [-0.4, -0.2) is 20.7 Å². The molecule has 0 bridgehead atoms. The predicted molar refractivity (Wildman–Crippen MR) is 85.3 cm³/mol. The fourth-order valence-electron chi connectivity index (χ4n) is 1.80. The summed E-state index contributed by atoms with van der Waals surface area (Å²) in [6, 6.07) is 10.3. The number of hydrogen-bond acceptors (Lipinski definition) is 3. The van der Waals surface area contributed by atoms with Crippen molar-refractivity contribution >= 4 is 26.4 Å². The highest BCUT2D eigenvalue weighted by molar-refractivity contribution is 6.79. The van der Waals surface area contributed by atoms with Crippen molar-refractivity contribution < 1.29 is 4.79 Å². The number of nitrogens with zero attached hydrogens (tertiary/aromatic N) is 2. The smallest absolute Gasteiger partial charge is 0.176 e. The second kappa shape index (κ2) is 7.89. The minimum atomic E-state index is -1.52. The molecule has 0 saturated carbocycles. The zero-order chi connectivity index (χ0) is 14.1. The maximum atomic E-state index is 10.2. The summed E-state index contributed by atoms with van der Waals surface area (Å²) in [6.07, 6.45) is 6.53. The van der Waals surface area contributed by atoms with E-state index in [1.165, 1.54) is 0 Å². The number of unbranched alkanes of at least 4 members (excludes halogenated alkanes) is 3. The van der Waals surface area contributed by atoms with Gasteiger partial charge in [0.2, 0.25) is 0 Å². The maximum Gasteiger partial charge on any atom is 0.176 e. The summed E-state index contributed by atoms with van der Waals surface area (Å²) >= 11 is 0. The van der Waals surface area contributed by atoms with Gasteiger partial charge in [0.05, 0.1) is 0 Å². The molecular formula is C15H24N2OSi. The number of benzene rings is 1. The average Bonchev–Trinajstić information content (AvgIpc) is 2.37. The van der Waals surface area contributed by atoms with Gasteiger partial charge in [0, 0.05) is 18.3 Å². The fourth-order valence-corrected chi connectivity index (χ4v) is 3.15. The summed E-state index contributed by atoms with van der Waals surface area (Å²) in [7, 11) is -1.52. The van der Waals surface area contributed by atoms with Crippen LogP contribution in [0.1, 0.15) is 25.7 Å². The van der Waals surface area contributed by atoms with E-state index in [0.29, 0.717) is 6.42 Å². The summed E-state index contributed by atoms with van der Waals surface area (Å²) in [5.74, 6) is 0. The van der Waals surface area contributed by atoms with E-state index in [4.69, 9.17) is 0 Å². The van der Waals surface area contributed by atoms with Crippen LogP contribution >= 0.6 is 0 Å². The Morgan fingerprint density at radius 2 is 1.74 bits per heavy atom. The molecule has 0 aromatic heterocycles. The molecule has 0 spiro atoms. The molecule has 4 heteroatoms. The fraction of sp³-hybridized carbons (Fsp3) is 0.467. The minimum absolute atomic E-state index is 0.657. The molecule has 1 aromatic carbocycles. The summed E-state index contributed by atoms with van der Waals surface area (Å²) < 4.78 is 2.17. The van der Waals surface area contributed by atoms with Gasteiger partial charge in [-0.15, -0.1) is 0 Å². The van der Waals surface area contributed by atoms with E-state index in [1.807, 2.05) is 24.4 Å². The third-order valence-corrected chi connectivity index (χ3v) is 4.38. The molecule has 1 aromatic rings. The maximum absolute atomic E-state index is 10.2. The number of hydrogen-bond donors (Lipinski definition) is 0. The summed E-state index contributed by atoms with van der Waals surface area (Å²) in [5, 5.41) is 4.64. The van der Waals surface area contributed by atoms with Crippen LogP contribution < -0.4 is 4.67 Å². The molecule has 0 unspecified atom stereocenters. The lowest BCUT2D eigenvalue weighted by Gasteiger charge is -2.31. The first-order valence-corrected chi connectivity index (χ1v) is 10.3. The number of para-hydroxylation sites is 1. The highest BCUT2D eigenvalue weighted by Gasteiger charge is 2.23. The monoisotopic (exact) mass is 276 g/mol. The molecule has 0 saturated heterocycles. The topological polar surface area (TPSA) is 32.7 Å². The van der Waals surface area contributed by atoms with Gasteiger partial charge in [-0.3, -0.25) is 4.67 Å². The van der Waals surface area contributed by atoms with Gasteiger partial charge >= 0.3 is 0 Å². The van der Waals surface area contributed by atoms with Crippen LogP contribution in [0.4, 0.5) is 5.69 Å². The Hall–Kier alpha value is -1.42. The number of carbonyl (C=O) groups is 1. The lowest BCUT2D eigenvalue weighted by atomic mass is 10.2.